The summed E-state index contributed by atoms with van der Waals surface area (Å²) in [5, 5.41) is 6.80. The molecule has 1 amide bonds. The van der Waals surface area contributed by atoms with Crippen LogP contribution in [0.15, 0.2) is 42.7 Å². The van der Waals surface area contributed by atoms with Crippen LogP contribution in [0.5, 0.6) is 0 Å². The first kappa shape index (κ1) is 23.1. The van der Waals surface area contributed by atoms with Gasteiger partial charge in [0.2, 0.25) is 5.91 Å². The van der Waals surface area contributed by atoms with E-state index in [-0.39, 0.29) is 11.5 Å². The number of aromatic nitrogens is 3. The predicted molar refractivity (Wildman–Crippen MR) is 140 cm³/mol. The van der Waals surface area contributed by atoms with Crippen molar-refractivity contribution in [3.63, 3.8) is 0 Å². The Hall–Kier alpha value is -3.30. The number of pyridine rings is 1. The van der Waals surface area contributed by atoms with Gasteiger partial charge in [0.05, 0.1) is 23.9 Å². The second kappa shape index (κ2) is 9.63. The van der Waals surface area contributed by atoms with Gasteiger partial charge in [-0.25, -0.2) is 9.97 Å². The van der Waals surface area contributed by atoms with E-state index in [0.717, 1.165) is 86.8 Å². The predicted octanol–water partition coefficient (Wildman–Crippen LogP) is 2.54. The molecule has 36 heavy (non-hydrogen) atoms. The minimum atomic E-state index is -0.0882. The Balaban J connectivity index is 1.16. The molecule has 1 unspecified atom stereocenters. The molecule has 4 heterocycles. The molecular formula is C27H33N7O2. The molecule has 0 bridgehead atoms. The lowest BCUT2D eigenvalue weighted by Gasteiger charge is -2.37. The molecule has 1 atom stereocenters. The molecule has 2 saturated heterocycles. The van der Waals surface area contributed by atoms with Crippen LogP contribution in [0.25, 0.3) is 22.3 Å². The largest absolute Gasteiger partial charge is 0.374 e. The zero-order valence-electron chi connectivity index (χ0n) is 20.7. The summed E-state index contributed by atoms with van der Waals surface area (Å²) in [6, 6.07) is 10.5. The van der Waals surface area contributed by atoms with Gasteiger partial charge >= 0.3 is 0 Å². The van der Waals surface area contributed by atoms with Crippen LogP contribution in [0.2, 0.25) is 0 Å². The summed E-state index contributed by atoms with van der Waals surface area (Å²) in [5.74, 6) is 1.05. The van der Waals surface area contributed by atoms with E-state index in [1.54, 1.807) is 12.4 Å². The van der Waals surface area contributed by atoms with Crippen LogP contribution in [0.3, 0.4) is 0 Å². The van der Waals surface area contributed by atoms with Crippen LogP contribution >= 0.6 is 0 Å². The van der Waals surface area contributed by atoms with Gasteiger partial charge in [-0.3, -0.25) is 9.78 Å². The molecule has 0 spiro atoms. The molecule has 3 aliphatic rings. The van der Waals surface area contributed by atoms with Crippen LogP contribution in [0.4, 0.5) is 11.5 Å². The summed E-state index contributed by atoms with van der Waals surface area (Å²) in [4.78, 5) is 31.0. The number of fused-ring (bicyclic) bond motifs is 1. The number of carbonyl (C=O) groups excluding carboxylic acids is 1. The fourth-order valence-electron chi connectivity index (χ4n) is 5.00. The van der Waals surface area contributed by atoms with Crippen molar-refractivity contribution in [2.75, 3.05) is 62.6 Å². The number of nitrogens with one attached hydrogen (secondary N) is 2. The summed E-state index contributed by atoms with van der Waals surface area (Å²) < 4.78 is 5.82. The number of morpholine rings is 1. The van der Waals surface area contributed by atoms with Crippen molar-refractivity contribution in [3.05, 3.63) is 42.7 Å². The Morgan fingerprint density at radius 2 is 1.92 bits per heavy atom. The number of carbonyl (C=O) groups is 1. The average Bonchev–Trinajstić information content (AvgIpc) is 3.70. The molecule has 9 nitrogen and oxygen atoms in total. The van der Waals surface area contributed by atoms with E-state index in [2.05, 4.69) is 56.7 Å². The van der Waals surface area contributed by atoms with Gasteiger partial charge in [-0.2, -0.15) is 0 Å². The van der Waals surface area contributed by atoms with E-state index >= 15 is 0 Å². The average molecular weight is 488 g/mol. The quantitative estimate of drug-likeness (QED) is 0.548. The van der Waals surface area contributed by atoms with Gasteiger partial charge in [-0.05, 0) is 31.0 Å². The van der Waals surface area contributed by atoms with Crippen molar-refractivity contribution in [3.8, 4) is 11.3 Å². The molecule has 0 radical (unpaired) electrons. The third kappa shape index (κ3) is 4.73. The zero-order valence-corrected chi connectivity index (χ0v) is 20.7. The van der Waals surface area contributed by atoms with Crippen LogP contribution < -0.4 is 15.5 Å². The van der Waals surface area contributed by atoms with Crippen LogP contribution in [-0.2, 0) is 9.53 Å². The maximum atomic E-state index is 12.7. The maximum absolute atomic E-state index is 12.7. The summed E-state index contributed by atoms with van der Waals surface area (Å²) >= 11 is 0. The van der Waals surface area contributed by atoms with E-state index in [1.165, 1.54) is 5.69 Å². The highest BCUT2D eigenvalue weighted by molar-refractivity contribution is 5.88. The Morgan fingerprint density at radius 1 is 1.14 bits per heavy atom. The van der Waals surface area contributed by atoms with E-state index in [9.17, 15) is 4.79 Å². The highest BCUT2D eigenvalue weighted by Crippen LogP contribution is 2.46. The molecule has 2 N–H and O–H groups in total. The Morgan fingerprint density at radius 3 is 2.64 bits per heavy atom. The van der Waals surface area contributed by atoms with E-state index in [0.29, 0.717) is 12.5 Å². The number of ether oxygens (including phenoxy) is 1. The van der Waals surface area contributed by atoms with E-state index < -0.39 is 0 Å². The molecule has 9 heteroatoms. The number of hydrogen-bond donors (Lipinski definition) is 2. The van der Waals surface area contributed by atoms with E-state index in [4.69, 9.17) is 9.72 Å². The van der Waals surface area contributed by atoms with Gasteiger partial charge in [0, 0.05) is 74.9 Å². The normalized spacial score (nSPS) is 21.4. The van der Waals surface area contributed by atoms with Crippen LogP contribution in [-0.4, -0.2) is 84.3 Å². The highest BCUT2D eigenvalue weighted by Gasteiger charge is 2.47. The van der Waals surface area contributed by atoms with E-state index in [1.807, 2.05) is 11.0 Å². The summed E-state index contributed by atoms with van der Waals surface area (Å²) in [5.41, 5.74) is 4.53. The molecule has 1 saturated carbocycles. The van der Waals surface area contributed by atoms with Crippen molar-refractivity contribution in [2.45, 2.75) is 25.9 Å². The summed E-state index contributed by atoms with van der Waals surface area (Å²) in [7, 11) is 0. The molecule has 6 rings (SSSR count). The molecule has 1 aromatic carbocycles. The van der Waals surface area contributed by atoms with Crippen molar-refractivity contribution < 1.29 is 9.53 Å². The van der Waals surface area contributed by atoms with Gasteiger partial charge in [-0.1, -0.05) is 19.1 Å². The smallest absolute Gasteiger partial charge is 0.228 e. The highest BCUT2D eigenvalue weighted by atomic mass is 16.5. The van der Waals surface area contributed by atoms with Crippen molar-refractivity contribution in [2.24, 2.45) is 5.41 Å². The van der Waals surface area contributed by atoms with Gasteiger partial charge in [0.25, 0.3) is 0 Å². The first-order chi connectivity index (χ1) is 17.6. The summed E-state index contributed by atoms with van der Waals surface area (Å²) in [6.07, 6.45) is 5.56. The lowest BCUT2D eigenvalue weighted by atomic mass is 10.1. The van der Waals surface area contributed by atoms with Gasteiger partial charge < -0.3 is 25.2 Å². The lowest BCUT2D eigenvalue weighted by molar-refractivity contribution is -0.136. The lowest BCUT2D eigenvalue weighted by Crippen LogP contribution is -2.50. The second-order valence-corrected chi connectivity index (χ2v) is 10.2. The molecular weight excluding hydrogens is 454 g/mol. The molecule has 2 aromatic heterocycles. The Labute approximate surface area is 211 Å². The molecule has 188 valence electrons. The van der Waals surface area contributed by atoms with Crippen molar-refractivity contribution in [1.82, 2.24) is 25.2 Å². The zero-order chi connectivity index (χ0) is 24.5. The first-order valence-electron chi connectivity index (χ1n) is 12.9. The third-order valence-electron chi connectivity index (χ3n) is 7.57. The third-order valence-corrected chi connectivity index (χ3v) is 7.57. The summed E-state index contributed by atoms with van der Waals surface area (Å²) in [6.45, 7) is 8.47. The molecule has 3 aromatic rings. The standard InChI is InChI=1S/C27H33N7O2/c1-27(6-7-27)26(35)34-13-11-33(12-14-34)20-4-2-19(3-5-20)22-16-23-24(30-9-8-29-23)25(32-22)31-18-21-17-28-10-15-36-21/h2-5,8-9,16,21,28H,6-7,10-15,17-18H2,1H3,(H,31,32). The topological polar surface area (TPSA) is 95.5 Å². The SMILES string of the molecule is CC1(C(=O)N2CCN(c3ccc(-c4cc5nccnc5c(NCC5CNCCO5)n4)cc3)CC2)CC1. The number of piperazine rings is 1. The number of hydrogen-bond acceptors (Lipinski definition) is 8. The molecule has 1 aliphatic carbocycles. The number of rotatable bonds is 6. The Bertz CT molecular complexity index is 1230. The van der Waals surface area contributed by atoms with Gasteiger partial charge in [-0.15, -0.1) is 0 Å². The van der Waals surface area contributed by atoms with Gasteiger partial charge in [0.1, 0.15) is 5.52 Å². The number of benzene rings is 1. The maximum Gasteiger partial charge on any atom is 0.228 e. The molecule has 3 fully saturated rings. The number of anilines is 2. The van der Waals surface area contributed by atoms with Crippen molar-refractivity contribution in [1.29, 1.82) is 0 Å². The number of amides is 1. The monoisotopic (exact) mass is 487 g/mol. The minimum Gasteiger partial charge on any atom is -0.374 e. The fourth-order valence-corrected chi connectivity index (χ4v) is 5.00. The van der Waals surface area contributed by atoms with Crippen LogP contribution in [0.1, 0.15) is 19.8 Å². The Kier molecular flexibility index (Phi) is 6.18. The van der Waals surface area contributed by atoms with Crippen molar-refractivity contribution >= 4 is 28.4 Å². The first-order valence-corrected chi connectivity index (χ1v) is 12.9. The van der Waals surface area contributed by atoms with Crippen LogP contribution in [0, 0.1) is 5.41 Å². The molecule has 2 aliphatic heterocycles. The van der Waals surface area contributed by atoms with Gasteiger partial charge in [0.15, 0.2) is 5.82 Å². The second-order valence-electron chi connectivity index (χ2n) is 10.2. The number of nitrogens with zero attached hydrogens (tertiary/aromatic N) is 5. The minimum absolute atomic E-state index is 0.0882. The fraction of sp³-hybridized carbons (Fsp3) is 0.481.